The van der Waals surface area contributed by atoms with Crippen LogP contribution in [0.2, 0.25) is 0 Å². The van der Waals surface area contributed by atoms with Crippen molar-refractivity contribution < 1.29 is 19.1 Å². The molecule has 136 valence electrons. The van der Waals surface area contributed by atoms with E-state index in [2.05, 4.69) is 10.9 Å². The van der Waals surface area contributed by atoms with Gasteiger partial charge in [-0.3, -0.25) is 25.2 Å². The topological polar surface area (TPSA) is 87.7 Å². The second-order valence-electron chi connectivity index (χ2n) is 5.73. The molecule has 0 unspecified atom stereocenters. The van der Waals surface area contributed by atoms with Crippen molar-refractivity contribution in [1.29, 1.82) is 0 Å². The van der Waals surface area contributed by atoms with E-state index in [-0.39, 0.29) is 30.7 Å². The number of benzene rings is 1. The Morgan fingerprint density at radius 3 is 2.77 bits per heavy atom. The summed E-state index contributed by atoms with van der Waals surface area (Å²) < 4.78 is 5.56. The molecule has 1 aromatic carbocycles. The van der Waals surface area contributed by atoms with Crippen molar-refractivity contribution in [3.63, 3.8) is 0 Å². The van der Waals surface area contributed by atoms with Gasteiger partial charge in [0.05, 0.1) is 23.1 Å². The van der Waals surface area contributed by atoms with E-state index >= 15 is 0 Å². The molecule has 7 nitrogen and oxygen atoms in total. The summed E-state index contributed by atoms with van der Waals surface area (Å²) in [7, 11) is 0. The number of ether oxygens (including phenoxy) is 1. The first-order valence-corrected chi connectivity index (χ1v) is 9.14. The van der Waals surface area contributed by atoms with E-state index in [9.17, 15) is 14.4 Å². The van der Waals surface area contributed by atoms with Gasteiger partial charge in [0.15, 0.2) is 0 Å². The van der Waals surface area contributed by atoms with Gasteiger partial charge >= 0.3 is 0 Å². The maximum atomic E-state index is 12.4. The fraction of sp³-hybridized carbons (Fsp3) is 0.278. The Kier molecular flexibility index (Phi) is 5.52. The number of para-hydroxylation sites is 2. The second-order valence-corrected chi connectivity index (χ2v) is 6.67. The molecule has 26 heavy (non-hydrogen) atoms. The molecule has 2 aromatic rings. The number of hydrogen-bond acceptors (Lipinski definition) is 5. The highest BCUT2D eigenvalue weighted by molar-refractivity contribution is 7.12. The predicted molar refractivity (Wildman–Crippen MR) is 98.0 cm³/mol. The van der Waals surface area contributed by atoms with Crippen LogP contribution >= 0.6 is 11.3 Å². The maximum Gasteiger partial charge on any atom is 0.279 e. The first kappa shape index (κ1) is 17.9. The van der Waals surface area contributed by atoms with Crippen LogP contribution in [0.5, 0.6) is 5.75 Å². The molecule has 1 atom stereocenters. The molecule has 0 radical (unpaired) electrons. The number of hydrazine groups is 1. The van der Waals surface area contributed by atoms with Crippen LogP contribution in [0, 0.1) is 5.92 Å². The number of amides is 3. The van der Waals surface area contributed by atoms with E-state index in [1.54, 1.807) is 34.5 Å². The molecule has 0 spiro atoms. The van der Waals surface area contributed by atoms with Crippen LogP contribution in [0.3, 0.4) is 0 Å². The predicted octanol–water partition coefficient (Wildman–Crippen LogP) is 1.96. The first-order valence-electron chi connectivity index (χ1n) is 8.26. The van der Waals surface area contributed by atoms with Crippen molar-refractivity contribution in [2.45, 2.75) is 13.3 Å². The lowest BCUT2D eigenvalue weighted by Gasteiger charge is -2.20. The quantitative estimate of drug-likeness (QED) is 0.785. The molecule has 3 rings (SSSR count). The van der Waals surface area contributed by atoms with Crippen LogP contribution in [-0.2, 0) is 9.59 Å². The first-order chi connectivity index (χ1) is 12.6. The van der Waals surface area contributed by atoms with E-state index in [4.69, 9.17) is 4.74 Å². The minimum atomic E-state index is -0.541. The van der Waals surface area contributed by atoms with Gasteiger partial charge in [-0.2, -0.15) is 0 Å². The number of carbonyl (C=O) groups is 3. The van der Waals surface area contributed by atoms with Crippen molar-refractivity contribution >= 4 is 34.7 Å². The van der Waals surface area contributed by atoms with E-state index in [0.717, 1.165) is 0 Å². The lowest BCUT2D eigenvalue weighted by atomic mass is 10.1. The molecule has 1 fully saturated rings. The SMILES string of the molecule is CCOc1ccccc1N1C[C@H](C(=O)NNC(=O)c2cccs2)CC1=O. The number of anilines is 1. The Balaban J connectivity index is 1.62. The average Bonchev–Trinajstić information content (AvgIpc) is 3.30. The summed E-state index contributed by atoms with van der Waals surface area (Å²) in [6.45, 7) is 2.59. The van der Waals surface area contributed by atoms with Gasteiger partial charge < -0.3 is 9.64 Å². The van der Waals surface area contributed by atoms with Gasteiger partial charge in [0.1, 0.15) is 5.75 Å². The highest BCUT2D eigenvalue weighted by Gasteiger charge is 2.36. The third kappa shape index (κ3) is 3.85. The Morgan fingerprint density at radius 1 is 1.23 bits per heavy atom. The third-order valence-electron chi connectivity index (χ3n) is 4.00. The van der Waals surface area contributed by atoms with Gasteiger partial charge in [0.2, 0.25) is 11.8 Å². The minimum Gasteiger partial charge on any atom is -0.492 e. The highest BCUT2D eigenvalue weighted by Crippen LogP contribution is 2.33. The van der Waals surface area contributed by atoms with Crippen LogP contribution in [0.15, 0.2) is 41.8 Å². The molecule has 0 aliphatic carbocycles. The molecule has 3 amide bonds. The van der Waals surface area contributed by atoms with Crippen molar-refractivity contribution in [2.24, 2.45) is 5.92 Å². The zero-order valence-corrected chi connectivity index (χ0v) is 15.0. The number of carbonyl (C=O) groups excluding carboxylic acids is 3. The molecular formula is C18H19N3O4S. The van der Waals surface area contributed by atoms with Crippen molar-refractivity contribution in [1.82, 2.24) is 10.9 Å². The molecular weight excluding hydrogens is 354 g/mol. The Labute approximate surface area is 154 Å². The summed E-state index contributed by atoms with van der Waals surface area (Å²) in [5.74, 6) is -0.853. The van der Waals surface area contributed by atoms with Gasteiger partial charge in [-0.1, -0.05) is 18.2 Å². The summed E-state index contributed by atoms with van der Waals surface area (Å²) in [6.07, 6.45) is 0.0845. The Hall–Kier alpha value is -2.87. The van der Waals surface area contributed by atoms with Crippen LogP contribution in [-0.4, -0.2) is 30.9 Å². The number of nitrogens with one attached hydrogen (secondary N) is 2. The molecule has 1 aliphatic heterocycles. The minimum absolute atomic E-state index is 0.0845. The summed E-state index contributed by atoms with van der Waals surface area (Å²) in [6, 6.07) is 10.7. The van der Waals surface area contributed by atoms with Crippen molar-refractivity contribution in [2.75, 3.05) is 18.1 Å². The average molecular weight is 373 g/mol. The van der Waals surface area contributed by atoms with Gasteiger partial charge in [0, 0.05) is 13.0 Å². The zero-order chi connectivity index (χ0) is 18.5. The summed E-state index contributed by atoms with van der Waals surface area (Å²) in [5.41, 5.74) is 5.43. The van der Waals surface area contributed by atoms with Gasteiger partial charge in [-0.15, -0.1) is 11.3 Å². The van der Waals surface area contributed by atoms with Crippen molar-refractivity contribution in [3.8, 4) is 5.75 Å². The molecule has 0 bridgehead atoms. The third-order valence-corrected chi connectivity index (χ3v) is 4.86. The monoisotopic (exact) mass is 373 g/mol. The largest absolute Gasteiger partial charge is 0.492 e. The molecule has 1 saturated heterocycles. The molecule has 8 heteroatoms. The molecule has 0 saturated carbocycles. The number of rotatable bonds is 5. The molecule has 2 N–H and O–H groups in total. The fourth-order valence-corrected chi connectivity index (χ4v) is 3.38. The highest BCUT2D eigenvalue weighted by atomic mass is 32.1. The van der Waals surface area contributed by atoms with E-state index in [1.165, 1.54) is 11.3 Å². The number of hydrogen-bond donors (Lipinski definition) is 2. The summed E-state index contributed by atoms with van der Waals surface area (Å²) in [5, 5.41) is 1.78. The van der Waals surface area contributed by atoms with Crippen LogP contribution in [0.1, 0.15) is 23.0 Å². The smallest absolute Gasteiger partial charge is 0.279 e. The lowest BCUT2D eigenvalue weighted by molar-refractivity contribution is -0.126. The van der Waals surface area contributed by atoms with Crippen molar-refractivity contribution in [3.05, 3.63) is 46.7 Å². The normalized spacial score (nSPS) is 16.4. The van der Waals surface area contributed by atoms with Gasteiger partial charge in [0.25, 0.3) is 5.91 Å². The fourth-order valence-electron chi connectivity index (χ4n) is 2.76. The maximum absolute atomic E-state index is 12.4. The van der Waals surface area contributed by atoms with Crippen LogP contribution < -0.4 is 20.5 Å². The second kappa shape index (κ2) is 8.01. The molecule has 1 aromatic heterocycles. The van der Waals surface area contributed by atoms with E-state index in [0.29, 0.717) is 22.9 Å². The number of nitrogens with zero attached hydrogens (tertiary/aromatic N) is 1. The lowest BCUT2D eigenvalue weighted by Crippen LogP contribution is -2.45. The molecule has 2 heterocycles. The Morgan fingerprint density at radius 2 is 2.04 bits per heavy atom. The summed E-state index contributed by atoms with van der Waals surface area (Å²) in [4.78, 5) is 38.6. The Bertz CT molecular complexity index is 807. The van der Waals surface area contributed by atoms with E-state index < -0.39 is 5.92 Å². The summed E-state index contributed by atoms with van der Waals surface area (Å²) >= 11 is 1.28. The van der Waals surface area contributed by atoms with E-state index in [1.807, 2.05) is 19.1 Å². The number of thiophene rings is 1. The molecule has 1 aliphatic rings. The van der Waals surface area contributed by atoms with Crippen LogP contribution in [0.4, 0.5) is 5.69 Å². The van der Waals surface area contributed by atoms with Crippen LogP contribution in [0.25, 0.3) is 0 Å². The van der Waals surface area contributed by atoms with Gasteiger partial charge in [-0.05, 0) is 30.5 Å². The zero-order valence-electron chi connectivity index (χ0n) is 14.2. The van der Waals surface area contributed by atoms with Gasteiger partial charge in [-0.25, -0.2) is 0 Å². The standard InChI is InChI=1S/C18H19N3O4S/c1-2-25-14-7-4-3-6-13(14)21-11-12(10-16(21)22)17(23)19-20-18(24)15-8-5-9-26-15/h3-9,12H,2,10-11H2,1H3,(H,19,23)(H,20,24)/t12-/m1/s1.